The first-order valence-electron chi connectivity index (χ1n) is 9.67. The fourth-order valence-corrected chi connectivity index (χ4v) is 3.72. The van der Waals surface area contributed by atoms with Gasteiger partial charge in [0.25, 0.3) is 0 Å². The molecule has 2 saturated heterocycles. The van der Waals surface area contributed by atoms with Crippen molar-refractivity contribution in [3.63, 3.8) is 0 Å². The molecule has 4 rings (SSSR count). The highest BCUT2D eigenvalue weighted by Gasteiger charge is 2.21. The van der Waals surface area contributed by atoms with Gasteiger partial charge in [-0.2, -0.15) is 0 Å². The van der Waals surface area contributed by atoms with Gasteiger partial charge in [-0.15, -0.1) is 0 Å². The van der Waals surface area contributed by atoms with E-state index in [1.807, 2.05) is 0 Å². The SMILES string of the molecule is COc1ccc(F)cc1CN1CCN(c2cc(N3CCOCC3)ncn2)CC1. The third-order valence-electron chi connectivity index (χ3n) is 5.31. The van der Waals surface area contributed by atoms with Crippen molar-refractivity contribution in [1.82, 2.24) is 14.9 Å². The zero-order valence-corrected chi connectivity index (χ0v) is 16.2. The first-order chi connectivity index (χ1) is 13.7. The van der Waals surface area contributed by atoms with Crippen molar-refractivity contribution < 1.29 is 13.9 Å². The van der Waals surface area contributed by atoms with Crippen LogP contribution in [0, 0.1) is 5.82 Å². The molecule has 1 aromatic carbocycles. The summed E-state index contributed by atoms with van der Waals surface area (Å²) in [5.41, 5.74) is 0.882. The van der Waals surface area contributed by atoms with E-state index in [2.05, 4.69) is 30.7 Å². The van der Waals surface area contributed by atoms with E-state index < -0.39 is 0 Å². The van der Waals surface area contributed by atoms with Gasteiger partial charge in [-0.05, 0) is 18.2 Å². The van der Waals surface area contributed by atoms with Crippen LogP contribution in [-0.2, 0) is 11.3 Å². The van der Waals surface area contributed by atoms with Crippen LogP contribution in [0.4, 0.5) is 16.0 Å². The predicted molar refractivity (Wildman–Crippen MR) is 106 cm³/mol. The zero-order chi connectivity index (χ0) is 19.3. The normalized spacial score (nSPS) is 18.4. The second-order valence-corrected chi connectivity index (χ2v) is 7.05. The molecule has 8 heteroatoms. The van der Waals surface area contributed by atoms with E-state index in [4.69, 9.17) is 9.47 Å². The number of rotatable bonds is 5. The Hall–Kier alpha value is -2.45. The lowest BCUT2D eigenvalue weighted by molar-refractivity contribution is 0.122. The third-order valence-corrected chi connectivity index (χ3v) is 5.31. The Morgan fingerprint density at radius 3 is 2.32 bits per heavy atom. The monoisotopic (exact) mass is 387 g/mol. The second kappa shape index (κ2) is 8.70. The lowest BCUT2D eigenvalue weighted by Gasteiger charge is -2.36. The van der Waals surface area contributed by atoms with E-state index in [0.29, 0.717) is 6.54 Å². The smallest absolute Gasteiger partial charge is 0.134 e. The van der Waals surface area contributed by atoms with Gasteiger partial charge in [-0.25, -0.2) is 14.4 Å². The molecule has 150 valence electrons. The summed E-state index contributed by atoms with van der Waals surface area (Å²) in [5.74, 6) is 2.42. The summed E-state index contributed by atoms with van der Waals surface area (Å²) in [6.07, 6.45) is 1.64. The van der Waals surface area contributed by atoms with Gasteiger partial charge in [-0.3, -0.25) is 4.90 Å². The molecule has 0 radical (unpaired) electrons. The van der Waals surface area contributed by atoms with Crippen LogP contribution in [0.1, 0.15) is 5.56 Å². The quantitative estimate of drug-likeness (QED) is 0.775. The Bertz CT molecular complexity index is 792. The van der Waals surface area contributed by atoms with Crippen molar-refractivity contribution in [3.05, 3.63) is 42.0 Å². The molecule has 0 N–H and O–H groups in total. The number of ether oxygens (including phenoxy) is 2. The highest BCUT2D eigenvalue weighted by atomic mass is 19.1. The second-order valence-electron chi connectivity index (χ2n) is 7.05. The average molecular weight is 387 g/mol. The fraction of sp³-hybridized carbons (Fsp3) is 0.500. The minimum atomic E-state index is -0.230. The van der Waals surface area contributed by atoms with Gasteiger partial charge in [0, 0.05) is 57.4 Å². The molecule has 28 heavy (non-hydrogen) atoms. The van der Waals surface area contributed by atoms with Crippen LogP contribution in [0.25, 0.3) is 0 Å². The summed E-state index contributed by atoms with van der Waals surface area (Å²) >= 11 is 0. The summed E-state index contributed by atoms with van der Waals surface area (Å²) in [6, 6.07) is 6.75. The number of piperazine rings is 1. The maximum atomic E-state index is 13.6. The summed E-state index contributed by atoms with van der Waals surface area (Å²) < 4.78 is 24.4. The molecule has 0 spiro atoms. The Morgan fingerprint density at radius 1 is 0.964 bits per heavy atom. The number of aromatic nitrogens is 2. The van der Waals surface area contributed by atoms with E-state index >= 15 is 0 Å². The molecule has 2 aromatic rings. The Labute approximate surface area is 164 Å². The maximum absolute atomic E-state index is 13.6. The van der Waals surface area contributed by atoms with Crippen molar-refractivity contribution in [2.24, 2.45) is 0 Å². The van der Waals surface area contributed by atoms with Gasteiger partial charge in [0.1, 0.15) is 29.5 Å². The van der Waals surface area contributed by atoms with Gasteiger partial charge in [0.2, 0.25) is 0 Å². The lowest BCUT2D eigenvalue weighted by Crippen LogP contribution is -2.46. The molecule has 3 heterocycles. The van der Waals surface area contributed by atoms with Crippen LogP contribution >= 0.6 is 0 Å². The summed E-state index contributed by atoms with van der Waals surface area (Å²) in [4.78, 5) is 15.7. The predicted octanol–water partition coefficient (Wildman–Crippen LogP) is 1.78. The van der Waals surface area contributed by atoms with E-state index in [9.17, 15) is 4.39 Å². The molecule has 0 atom stereocenters. The molecular weight excluding hydrogens is 361 g/mol. The molecule has 7 nitrogen and oxygen atoms in total. The van der Waals surface area contributed by atoms with Crippen LogP contribution in [0.3, 0.4) is 0 Å². The van der Waals surface area contributed by atoms with Crippen LogP contribution in [0.15, 0.2) is 30.6 Å². The average Bonchev–Trinajstić information content (AvgIpc) is 2.75. The topological polar surface area (TPSA) is 54.0 Å². The zero-order valence-electron chi connectivity index (χ0n) is 16.2. The Morgan fingerprint density at radius 2 is 1.64 bits per heavy atom. The molecular formula is C20H26FN5O2. The Balaban J connectivity index is 1.37. The summed E-state index contributed by atoms with van der Waals surface area (Å²) in [5, 5.41) is 0. The van der Waals surface area contributed by atoms with Gasteiger partial charge >= 0.3 is 0 Å². The number of hydrogen-bond donors (Lipinski definition) is 0. The molecule has 0 bridgehead atoms. The molecule has 2 aliphatic heterocycles. The van der Waals surface area contributed by atoms with E-state index in [1.54, 1.807) is 25.6 Å². The molecule has 0 saturated carbocycles. The van der Waals surface area contributed by atoms with Crippen molar-refractivity contribution in [1.29, 1.82) is 0 Å². The number of halogens is 1. The first kappa shape index (κ1) is 18.9. The van der Waals surface area contributed by atoms with Crippen molar-refractivity contribution in [3.8, 4) is 5.75 Å². The summed E-state index contributed by atoms with van der Waals surface area (Å²) in [7, 11) is 1.62. The van der Waals surface area contributed by atoms with Gasteiger partial charge in [-0.1, -0.05) is 0 Å². The van der Waals surface area contributed by atoms with Gasteiger partial charge in [0.15, 0.2) is 0 Å². The Kier molecular flexibility index (Phi) is 5.87. The number of anilines is 2. The molecule has 0 aliphatic carbocycles. The highest BCUT2D eigenvalue weighted by molar-refractivity contribution is 5.50. The maximum Gasteiger partial charge on any atom is 0.134 e. The standard InChI is InChI=1S/C20H26FN5O2/c1-27-18-3-2-17(21)12-16(18)14-24-4-6-25(7-5-24)19-13-20(23-15-22-19)26-8-10-28-11-9-26/h2-3,12-13,15H,4-11,14H2,1H3. The first-order valence-corrected chi connectivity index (χ1v) is 9.67. The van der Waals surface area contributed by atoms with Crippen LogP contribution in [-0.4, -0.2) is 74.5 Å². The third kappa shape index (κ3) is 4.34. The molecule has 2 fully saturated rings. The van der Waals surface area contributed by atoms with E-state index in [1.165, 1.54) is 6.07 Å². The highest BCUT2D eigenvalue weighted by Crippen LogP contribution is 2.23. The van der Waals surface area contributed by atoms with Gasteiger partial charge < -0.3 is 19.3 Å². The number of nitrogens with zero attached hydrogens (tertiary/aromatic N) is 5. The number of benzene rings is 1. The van der Waals surface area contributed by atoms with Crippen LogP contribution < -0.4 is 14.5 Å². The fourth-order valence-electron chi connectivity index (χ4n) is 3.72. The summed E-state index contributed by atoms with van der Waals surface area (Å²) in [6.45, 7) is 7.39. The molecule has 0 unspecified atom stereocenters. The van der Waals surface area contributed by atoms with Gasteiger partial charge in [0.05, 0.1) is 20.3 Å². The molecule has 0 amide bonds. The van der Waals surface area contributed by atoms with Crippen LogP contribution in [0.5, 0.6) is 5.75 Å². The molecule has 1 aromatic heterocycles. The van der Waals surface area contributed by atoms with E-state index in [-0.39, 0.29) is 5.82 Å². The molecule has 2 aliphatic rings. The van der Waals surface area contributed by atoms with Crippen molar-refractivity contribution >= 4 is 11.6 Å². The van der Waals surface area contributed by atoms with Crippen LogP contribution in [0.2, 0.25) is 0 Å². The number of methoxy groups -OCH3 is 1. The lowest BCUT2D eigenvalue weighted by atomic mass is 10.1. The minimum absolute atomic E-state index is 0.230. The van der Waals surface area contributed by atoms with Crippen molar-refractivity contribution in [2.75, 3.05) is 69.4 Å². The van der Waals surface area contributed by atoms with Crippen molar-refractivity contribution in [2.45, 2.75) is 6.54 Å². The number of hydrogen-bond acceptors (Lipinski definition) is 7. The number of morpholine rings is 1. The minimum Gasteiger partial charge on any atom is -0.496 e. The largest absolute Gasteiger partial charge is 0.496 e. The van der Waals surface area contributed by atoms with E-state index in [0.717, 1.165) is 75.4 Å².